The molecule has 0 unspecified atom stereocenters. The van der Waals surface area contributed by atoms with Crippen molar-refractivity contribution in [3.63, 3.8) is 0 Å². The van der Waals surface area contributed by atoms with Crippen molar-refractivity contribution >= 4 is 22.1 Å². The third-order valence-corrected chi connectivity index (χ3v) is 6.82. The zero-order valence-electron chi connectivity index (χ0n) is 18.4. The number of benzene rings is 5. The van der Waals surface area contributed by atoms with Crippen LogP contribution in [0, 0.1) is 0 Å². The molecule has 0 aliphatic heterocycles. The van der Waals surface area contributed by atoms with Crippen LogP contribution in [0.3, 0.4) is 0 Å². The van der Waals surface area contributed by atoms with E-state index in [9.17, 15) is 0 Å². The van der Waals surface area contributed by atoms with E-state index in [1.54, 1.807) is 0 Å². The minimum atomic E-state index is 0.0115. The van der Waals surface area contributed by atoms with E-state index in [4.69, 9.17) is 0 Å². The molecule has 0 atom stereocenters. The quantitative estimate of drug-likeness (QED) is 0.313. The van der Waals surface area contributed by atoms with Gasteiger partial charge in [-0.15, -0.1) is 0 Å². The van der Waals surface area contributed by atoms with Crippen molar-refractivity contribution in [2.75, 3.05) is 5.32 Å². The van der Waals surface area contributed by atoms with E-state index in [0.29, 0.717) is 0 Å². The molecular weight excluding hydrogens is 386 g/mol. The van der Waals surface area contributed by atoms with Crippen molar-refractivity contribution in [2.24, 2.45) is 0 Å². The SMILES string of the molecule is CC1(C)c2ccccc2-c2ccc(Nc3ccc4ccc(-c5ccccc5)cc4c3)cc21. The van der Waals surface area contributed by atoms with Crippen LogP contribution in [0.5, 0.6) is 0 Å². The summed E-state index contributed by atoms with van der Waals surface area (Å²) >= 11 is 0. The van der Waals surface area contributed by atoms with Gasteiger partial charge in [0.1, 0.15) is 0 Å². The summed E-state index contributed by atoms with van der Waals surface area (Å²) in [5.74, 6) is 0. The molecule has 0 bridgehead atoms. The molecule has 1 N–H and O–H groups in total. The minimum absolute atomic E-state index is 0.0115. The first kappa shape index (κ1) is 18.9. The van der Waals surface area contributed by atoms with E-state index in [1.165, 1.54) is 44.2 Å². The van der Waals surface area contributed by atoms with Gasteiger partial charge < -0.3 is 5.32 Å². The fraction of sp³-hybridized carbons (Fsp3) is 0.0968. The second kappa shape index (κ2) is 7.10. The van der Waals surface area contributed by atoms with Crippen LogP contribution in [-0.4, -0.2) is 0 Å². The molecule has 154 valence electrons. The number of rotatable bonds is 3. The summed E-state index contributed by atoms with van der Waals surface area (Å²) in [6.07, 6.45) is 0. The third kappa shape index (κ3) is 3.01. The highest BCUT2D eigenvalue weighted by Gasteiger charge is 2.35. The van der Waals surface area contributed by atoms with Crippen LogP contribution < -0.4 is 5.32 Å². The summed E-state index contributed by atoms with van der Waals surface area (Å²) in [7, 11) is 0. The maximum Gasteiger partial charge on any atom is 0.0390 e. The Labute approximate surface area is 189 Å². The lowest BCUT2D eigenvalue weighted by Gasteiger charge is -2.22. The Morgan fingerprint density at radius 3 is 2.06 bits per heavy atom. The summed E-state index contributed by atoms with van der Waals surface area (Å²) in [6, 6.07) is 39.4. The lowest BCUT2D eigenvalue weighted by atomic mass is 9.82. The molecule has 6 rings (SSSR count). The maximum atomic E-state index is 3.65. The molecule has 0 heterocycles. The highest BCUT2D eigenvalue weighted by molar-refractivity contribution is 5.90. The van der Waals surface area contributed by atoms with Crippen molar-refractivity contribution in [2.45, 2.75) is 19.3 Å². The molecule has 1 aliphatic rings. The lowest BCUT2D eigenvalue weighted by Crippen LogP contribution is -2.15. The van der Waals surface area contributed by atoms with Gasteiger partial charge in [-0.2, -0.15) is 0 Å². The molecule has 0 saturated heterocycles. The zero-order chi connectivity index (χ0) is 21.7. The van der Waals surface area contributed by atoms with Gasteiger partial charge in [0.05, 0.1) is 0 Å². The summed E-state index contributed by atoms with van der Waals surface area (Å²) in [6.45, 7) is 4.64. The third-order valence-electron chi connectivity index (χ3n) is 6.82. The highest BCUT2D eigenvalue weighted by atomic mass is 14.9. The first-order valence-electron chi connectivity index (χ1n) is 11.2. The molecule has 5 aromatic rings. The van der Waals surface area contributed by atoms with E-state index in [0.717, 1.165) is 11.4 Å². The van der Waals surface area contributed by atoms with Gasteiger partial charge in [-0.05, 0) is 74.5 Å². The van der Waals surface area contributed by atoms with Gasteiger partial charge in [0.2, 0.25) is 0 Å². The predicted molar refractivity (Wildman–Crippen MR) is 137 cm³/mol. The van der Waals surface area contributed by atoms with E-state index in [-0.39, 0.29) is 5.41 Å². The molecule has 0 saturated carbocycles. The standard InChI is InChI=1S/C31H25N/c1-31(2)29-11-7-6-10-27(29)28-17-16-26(20-30(28)31)32-25-15-14-22-12-13-23(18-24(22)19-25)21-8-4-3-5-9-21/h3-20,32H,1-2H3. The topological polar surface area (TPSA) is 12.0 Å². The van der Waals surface area contributed by atoms with E-state index >= 15 is 0 Å². The average molecular weight is 412 g/mol. The summed E-state index contributed by atoms with van der Waals surface area (Å²) in [5.41, 5.74) is 10.2. The number of hydrogen-bond donors (Lipinski definition) is 1. The smallest absolute Gasteiger partial charge is 0.0390 e. The maximum absolute atomic E-state index is 3.65. The molecule has 0 spiro atoms. The highest BCUT2D eigenvalue weighted by Crippen LogP contribution is 2.49. The molecule has 0 amide bonds. The van der Waals surface area contributed by atoms with Gasteiger partial charge in [0, 0.05) is 16.8 Å². The number of hydrogen-bond acceptors (Lipinski definition) is 1. The number of fused-ring (bicyclic) bond motifs is 4. The van der Waals surface area contributed by atoms with Crippen molar-refractivity contribution < 1.29 is 0 Å². The largest absolute Gasteiger partial charge is 0.355 e. The normalized spacial score (nSPS) is 13.6. The van der Waals surface area contributed by atoms with Crippen molar-refractivity contribution in [1.82, 2.24) is 0 Å². The number of anilines is 2. The average Bonchev–Trinajstić information content (AvgIpc) is 3.06. The van der Waals surface area contributed by atoms with Gasteiger partial charge in [-0.3, -0.25) is 0 Å². The van der Waals surface area contributed by atoms with Crippen LogP contribution in [-0.2, 0) is 5.41 Å². The Morgan fingerprint density at radius 2 is 1.19 bits per heavy atom. The van der Waals surface area contributed by atoms with Crippen molar-refractivity contribution in [3.05, 3.63) is 120 Å². The molecular formula is C31H25N. The van der Waals surface area contributed by atoms with Crippen LogP contribution in [0.4, 0.5) is 11.4 Å². The van der Waals surface area contributed by atoms with Crippen LogP contribution in [0.1, 0.15) is 25.0 Å². The van der Waals surface area contributed by atoms with Gasteiger partial charge >= 0.3 is 0 Å². The summed E-state index contributed by atoms with van der Waals surface area (Å²) in [5, 5.41) is 6.14. The molecule has 1 aliphatic carbocycles. The van der Waals surface area contributed by atoms with Gasteiger partial charge in [-0.1, -0.05) is 92.7 Å². The predicted octanol–water partition coefficient (Wildman–Crippen LogP) is 8.56. The summed E-state index contributed by atoms with van der Waals surface area (Å²) in [4.78, 5) is 0. The van der Waals surface area contributed by atoms with Gasteiger partial charge in [0.25, 0.3) is 0 Å². The Kier molecular flexibility index (Phi) is 4.19. The first-order chi connectivity index (χ1) is 15.6. The Morgan fingerprint density at radius 1 is 0.500 bits per heavy atom. The molecule has 0 radical (unpaired) electrons. The molecule has 0 fully saturated rings. The summed E-state index contributed by atoms with van der Waals surface area (Å²) < 4.78 is 0. The molecule has 32 heavy (non-hydrogen) atoms. The van der Waals surface area contributed by atoms with Crippen molar-refractivity contribution in [1.29, 1.82) is 0 Å². The minimum Gasteiger partial charge on any atom is -0.355 e. The van der Waals surface area contributed by atoms with Crippen LogP contribution >= 0.6 is 0 Å². The fourth-order valence-electron chi connectivity index (χ4n) is 5.08. The van der Waals surface area contributed by atoms with Gasteiger partial charge in [0.15, 0.2) is 0 Å². The Balaban J connectivity index is 1.36. The molecule has 5 aromatic carbocycles. The molecule has 0 aromatic heterocycles. The molecule has 1 heteroatoms. The van der Waals surface area contributed by atoms with E-state index < -0.39 is 0 Å². The molecule has 1 nitrogen and oxygen atoms in total. The van der Waals surface area contributed by atoms with Crippen LogP contribution in [0.2, 0.25) is 0 Å². The monoisotopic (exact) mass is 411 g/mol. The van der Waals surface area contributed by atoms with Crippen LogP contribution in [0.25, 0.3) is 33.0 Å². The van der Waals surface area contributed by atoms with Gasteiger partial charge in [-0.25, -0.2) is 0 Å². The second-order valence-corrected chi connectivity index (χ2v) is 9.20. The van der Waals surface area contributed by atoms with Crippen LogP contribution in [0.15, 0.2) is 109 Å². The fourth-order valence-corrected chi connectivity index (χ4v) is 5.08. The zero-order valence-corrected chi connectivity index (χ0v) is 18.4. The lowest BCUT2D eigenvalue weighted by molar-refractivity contribution is 0.660. The van der Waals surface area contributed by atoms with E-state index in [1.807, 2.05) is 0 Å². The first-order valence-corrected chi connectivity index (χ1v) is 11.2. The van der Waals surface area contributed by atoms with E-state index in [2.05, 4.69) is 128 Å². The Bertz CT molecular complexity index is 1460. The number of nitrogens with one attached hydrogen (secondary N) is 1. The second-order valence-electron chi connectivity index (χ2n) is 9.20. The Hall–Kier alpha value is -3.84. The van der Waals surface area contributed by atoms with Crippen molar-refractivity contribution in [3.8, 4) is 22.3 Å².